The van der Waals surface area contributed by atoms with E-state index in [0.29, 0.717) is 17.0 Å². The maximum Gasteiger partial charge on any atom is 0.253 e. The molecule has 5 nitrogen and oxygen atoms in total. The third-order valence-corrected chi connectivity index (χ3v) is 5.16. The van der Waals surface area contributed by atoms with Crippen molar-refractivity contribution in [1.29, 1.82) is 5.26 Å². The SMILES string of the molecule is Cc1cnc(C)n1CCC1CCN(C(=O)c2cccc(C#N)c2)CC1. The molecule has 0 spiro atoms. The Balaban J connectivity index is 1.53. The number of hydrogen-bond donors (Lipinski definition) is 0. The van der Waals surface area contributed by atoms with Crippen molar-refractivity contribution in [1.82, 2.24) is 14.5 Å². The van der Waals surface area contributed by atoms with E-state index in [1.807, 2.05) is 18.0 Å². The zero-order valence-corrected chi connectivity index (χ0v) is 14.9. The normalized spacial score (nSPS) is 15.2. The van der Waals surface area contributed by atoms with Gasteiger partial charge in [0.25, 0.3) is 5.91 Å². The van der Waals surface area contributed by atoms with Crippen LogP contribution in [0.4, 0.5) is 0 Å². The summed E-state index contributed by atoms with van der Waals surface area (Å²) >= 11 is 0. The number of rotatable bonds is 4. The van der Waals surface area contributed by atoms with E-state index < -0.39 is 0 Å². The van der Waals surface area contributed by atoms with Crippen LogP contribution in [0.25, 0.3) is 0 Å². The number of likely N-dealkylation sites (tertiary alicyclic amines) is 1. The van der Waals surface area contributed by atoms with Gasteiger partial charge in [-0.25, -0.2) is 4.98 Å². The largest absolute Gasteiger partial charge is 0.339 e. The first-order valence-electron chi connectivity index (χ1n) is 8.86. The number of carbonyl (C=O) groups is 1. The number of carbonyl (C=O) groups excluding carboxylic acids is 1. The Labute approximate surface area is 148 Å². The van der Waals surface area contributed by atoms with Gasteiger partial charge in [0, 0.05) is 37.1 Å². The lowest BCUT2D eigenvalue weighted by Crippen LogP contribution is -2.38. The number of aryl methyl sites for hydroxylation is 2. The fraction of sp³-hybridized carbons (Fsp3) is 0.450. The van der Waals surface area contributed by atoms with Crippen molar-refractivity contribution in [3.8, 4) is 6.07 Å². The van der Waals surface area contributed by atoms with E-state index in [-0.39, 0.29) is 5.91 Å². The van der Waals surface area contributed by atoms with E-state index in [2.05, 4.69) is 22.5 Å². The molecule has 2 aromatic rings. The maximum absolute atomic E-state index is 12.6. The Morgan fingerprint density at radius 2 is 2.08 bits per heavy atom. The molecule has 1 aliphatic rings. The number of amides is 1. The van der Waals surface area contributed by atoms with Gasteiger partial charge in [-0.2, -0.15) is 5.26 Å². The first-order chi connectivity index (χ1) is 12.1. The highest BCUT2D eigenvalue weighted by atomic mass is 16.2. The molecule has 5 heteroatoms. The second-order valence-corrected chi connectivity index (χ2v) is 6.82. The second-order valence-electron chi connectivity index (χ2n) is 6.82. The van der Waals surface area contributed by atoms with E-state index in [9.17, 15) is 4.79 Å². The molecule has 0 saturated carbocycles. The minimum atomic E-state index is 0.0387. The third kappa shape index (κ3) is 3.90. The van der Waals surface area contributed by atoms with Gasteiger partial charge in [-0.1, -0.05) is 6.07 Å². The third-order valence-electron chi connectivity index (χ3n) is 5.16. The van der Waals surface area contributed by atoms with Crippen molar-refractivity contribution in [3.05, 3.63) is 53.1 Å². The van der Waals surface area contributed by atoms with Gasteiger partial charge in [-0.3, -0.25) is 4.79 Å². The van der Waals surface area contributed by atoms with Gasteiger partial charge < -0.3 is 9.47 Å². The standard InChI is InChI=1S/C20H24N4O/c1-15-14-22-16(2)24(15)11-8-17-6-9-23(10-7-17)20(25)19-5-3-4-18(12-19)13-21/h3-5,12,14,17H,6-11H2,1-2H3. The Bertz CT molecular complexity index is 775. The van der Waals surface area contributed by atoms with Crippen LogP contribution in [0.3, 0.4) is 0 Å². The molecule has 3 rings (SSSR count). The van der Waals surface area contributed by atoms with E-state index >= 15 is 0 Å². The number of nitrogens with zero attached hydrogens (tertiary/aromatic N) is 4. The Kier molecular flexibility index (Phi) is 5.18. The van der Waals surface area contributed by atoms with Crippen molar-refractivity contribution < 1.29 is 4.79 Å². The van der Waals surface area contributed by atoms with E-state index in [1.165, 1.54) is 5.69 Å². The smallest absolute Gasteiger partial charge is 0.253 e. The van der Waals surface area contributed by atoms with E-state index in [0.717, 1.165) is 44.7 Å². The average molecular weight is 336 g/mol. The number of hydrogen-bond acceptors (Lipinski definition) is 3. The lowest BCUT2D eigenvalue weighted by Gasteiger charge is -2.32. The van der Waals surface area contributed by atoms with Gasteiger partial charge in [0.15, 0.2) is 0 Å². The van der Waals surface area contributed by atoms with Crippen molar-refractivity contribution in [2.24, 2.45) is 5.92 Å². The number of benzene rings is 1. The Morgan fingerprint density at radius 3 is 2.72 bits per heavy atom. The summed E-state index contributed by atoms with van der Waals surface area (Å²) in [5.74, 6) is 1.76. The quantitative estimate of drug-likeness (QED) is 0.860. The predicted octanol–water partition coefficient (Wildman–Crippen LogP) is 3.31. The average Bonchev–Trinajstić information content (AvgIpc) is 2.97. The number of aromatic nitrogens is 2. The molecule has 2 heterocycles. The van der Waals surface area contributed by atoms with Crippen LogP contribution >= 0.6 is 0 Å². The van der Waals surface area contributed by atoms with E-state index in [1.54, 1.807) is 24.3 Å². The first kappa shape index (κ1) is 17.2. The number of imidazole rings is 1. The monoisotopic (exact) mass is 336 g/mol. The van der Waals surface area contributed by atoms with Crippen LogP contribution in [0.2, 0.25) is 0 Å². The number of piperidine rings is 1. The zero-order valence-electron chi connectivity index (χ0n) is 14.9. The minimum Gasteiger partial charge on any atom is -0.339 e. The van der Waals surface area contributed by atoms with Crippen molar-refractivity contribution in [3.63, 3.8) is 0 Å². The van der Waals surface area contributed by atoms with Crippen LogP contribution in [-0.4, -0.2) is 33.4 Å². The molecular weight excluding hydrogens is 312 g/mol. The summed E-state index contributed by atoms with van der Waals surface area (Å²) in [6.07, 6.45) is 5.13. The van der Waals surface area contributed by atoms with Crippen molar-refractivity contribution in [2.75, 3.05) is 13.1 Å². The lowest BCUT2D eigenvalue weighted by atomic mass is 9.93. The summed E-state index contributed by atoms with van der Waals surface area (Å²) in [6.45, 7) is 6.73. The predicted molar refractivity (Wildman–Crippen MR) is 96.1 cm³/mol. The van der Waals surface area contributed by atoms with Crippen LogP contribution in [-0.2, 0) is 6.54 Å². The molecule has 1 saturated heterocycles. The van der Waals surface area contributed by atoms with E-state index in [4.69, 9.17) is 5.26 Å². The molecule has 0 aliphatic carbocycles. The van der Waals surface area contributed by atoms with Crippen LogP contribution in [0.1, 0.15) is 46.7 Å². The molecule has 1 fully saturated rings. The summed E-state index contributed by atoms with van der Waals surface area (Å²) < 4.78 is 2.27. The maximum atomic E-state index is 12.6. The summed E-state index contributed by atoms with van der Waals surface area (Å²) in [4.78, 5) is 18.9. The van der Waals surface area contributed by atoms with Crippen LogP contribution in [0.15, 0.2) is 30.5 Å². The summed E-state index contributed by atoms with van der Waals surface area (Å²) in [5, 5.41) is 8.98. The van der Waals surface area contributed by atoms with Crippen molar-refractivity contribution >= 4 is 5.91 Å². The van der Waals surface area contributed by atoms with Gasteiger partial charge in [0.1, 0.15) is 5.82 Å². The molecule has 130 valence electrons. The molecule has 0 bridgehead atoms. The fourth-order valence-corrected chi connectivity index (χ4v) is 3.56. The number of nitriles is 1. The summed E-state index contributed by atoms with van der Waals surface area (Å²) in [5.41, 5.74) is 2.36. The fourth-order valence-electron chi connectivity index (χ4n) is 3.56. The molecule has 0 radical (unpaired) electrons. The highest BCUT2D eigenvalue weighted by molar-refractivity contribution is 5.94. The van der Waals surface area contributed by atoms with Gasteiger partial charge in [0.05, 0.1) is 11.6 Å². The second kappa shape index (κ2) is 7.52. The molecule has 25 heavy (non-hydrogen) atoms. The topological polar surface area (TPSA) is 61.9 Å². The highest BCUT2D eigenvalue weighted by Gasteiger charge is 2.23. The van der Waals surface area contributed by atoms with Gasteiger partial charge in [0.2, 0.25) is 0 Å². The minimum absolute atomic E-state index is 0.0387. The summed E-state index contributed by atoms with van der Waals surface area (Å²) in [6, 6.07) is 9.06. The highest BCUT2D eigenvalue weighted by Crippen LogP contribution is 2.23. The van der Waals surface area contributed by atoms with Gasteiger partial charge >= 0.3 is 0 Å². The molecule has 1 aliphatic heterocycles. The molecule has 1 aromatic carbocycles. The molecule has 1 aromatic heterocycles. The first-order valence-corrected chi connectivity index (χ1v) is 8.86. The Hall–Kier alpha value is -2.61. The summed E-state index contributed by atoms with van der Waals surface area (Å²) in [7, 11) is 0. The van der Waals surface area contributed by atoms with Gasteiger partial charge in [-0.15, -0.1) is 0 Å². The molecular formula is C20H24N4O. The molecule has 0 unspecified atom stereocenters. The molecule has 1 amide bonds. The van der Waals surface area contributed by atoms with Crippen molar-refractivity contribution in [2.45, 2.75) is 39.7 Å². The lowest BCUT2D eigenvalue weighted by molar-refractivity contribution is 0.0685. The van der Waals surface area contributed by atoms with Crippen LogP contribution in [0, 0.1) is 31.1 Å². The molecule has 0 atom stereocenters. The Morgan fingerprint density at radius 1 is 1.32 bits per heavy atom. The molecule has 0 N–H and O–H groups in total. The van der Waals surface area contributed by atoms with Crippen LogP contribution in [0.5, 0.6) is 0 Å². The zero-order chi connectivity index (χ0) is 17.8. The van der Waals surface area contributed by atoms with Crippen LogP contribution < -0.4 is 0 Å². The van der Waals surface area contributed by atoms with Gasteiger partial charge in [-0.05, 0) is 57.2 Å².